The van der Waals surface area contributed by atoms with Crippen molar-refractivity contribution in [2.75, 3.05) is 26.2 Å². The van der Waals surface area contributed by atoms with Crippen molar-refractivity contribution in [2.45, 2.75) is 25.8 Å². The van der Waals surface area contributed by atoms with Crippen molar-refractivity contribution in [1.29, 1.82) is 0 Å². The third-order valence-electron chi connectivity index (χ3n) is 3.12. The van der Waals surface area contributed by atoms with Crippen LogP contribution in [0.5, 0.6) is 0 Å². The fourth-order valence-corrected chi connectivity index (χ4v) is 2.36. The van der Waals surface area contributed by atoms with E-state index < -0.39 is 5.97 Å². The molecular weight excluding hydrogens is 224 g/mol. The van der Waals surface area contributed by atoms with Crippen LogP contribution in [0.4, 0.5) is 0 Å². The molecule has 0 aliphatic carbocycles. The van der Waals surface area contributed by atoms with Crippen LogP contribution in [-0.4, -0.2) is 59.9 Å². The summed E-state index contributed by atoms with van der Waals surface area (Å²) in [7, 11) is 0. The van der Waals surface area contributed by atoms with Gasteiger partial charge < -0.3 is 14.5 Å². The standard InChI is InChI=1S/C11H16N2O4/c1-2-17-10(15)7-12-6-9(14)13-5-3-4-8(13)11(12)16/h8H,2-7H2,1H3. The predicted octanol–water partition coefficient (Wildman–Crippen LogP) is -0.617. The van der Waals surface area contributed by atoms with Crippen LogP contribution in [0, 0.1) is 0 Å². The van der Waals surface area contributed by atoms with E-state index in [0.717, 1.165) is 6.42 Å². The number of ether oxygens (including phenoxy) is 1. The highest BCUT2D eigenvalue weighted by molar-refractivity contribution is 5.96. The molecule has 6 heteroatoms. The summed E-state index contributed by atoms with van der Waals surface area (Å²) in [5.41, 5.74) is 0. The van der Waals surface area contributed by atoms with Crippen molar-refractivity contribution >= 4 is 17.8 Å². The van der Waals surface area contributed by atoms with Gasteiger partial charge in [-0.25, -0.2) is 0 Å². The number of piperazine rings is 1. The van der Waals surface area contributed by atoms with Crippen LogP contribution >= 0.6 is 0 Å². The molecule has 0 aromatic carbocycles. The predicted molar refractivity (Wildman–Crippen MR) is 57.9 cm³/mol. The minimum absolute atomic E-state index is 0.00581. The Kier molecular flexibility index (Phi) is 3.31. The summed E-state index contributed by atoms with van der Waals surface area (Å²) in [6.45, 7) is 2.52. The number of hydrogen-bond acceptors (Lipinski definition) is 4. The van der Waals surface area contributed by atoms with Gasteiger partial charge in [0.15, 0.2) is 0 Å². The van der Waals surface area contributed by atoms with Crippen molar-refractivity contribution in [1.82, 2.24) is 9.80 Å². The zero-order valence-corrected chi connectivity index (χ0v) is 9.85. The quantitative estimate of drug-likeness (QED) is 0.617. The Labute approximate surface area is 99.5 Å². The SMILES string of the molecule is CCOC(=O)CN1CC(=O)N2CCCC2C1=O. The minimum atomic E-state index is -0.458. The summed E-state index contributed by atoms with van der Waals surface area (Å²) in [5.74, 6) is -0.661. The molecule has 1 unspecified atom stereocenters. The maximum atomic E-state index is 12.0. The fourth-order valence-electron chi connectivity index (χ4n) is 2.36. The van der Waals surface area contributed by atoms with Gasteiger partial charge in [0.2, 0.25) is 11.8 Å². The molecule has 17 heavy (non-hydrogen) atoms. The molecule has 2 rings (SSSR count). The molecular formula is C11H16N2O4. The third kappa shape index (κ3) is 2.25. The second-order valence-electron chi connectivity index (χ2n) is 4.24. The topological polar surface area (TPSA) is 66.9 Å². The van der Waals surface area contributed by atoms with Gasteiger partial charge in [-0.05, 0) is 19.8 Å². The number of amides is 2. The zero-order valence-electron chi connectivity index (χ0n) is 9.85. The lowest BCUT2D eigenvalue weighted by atomic mass is 10.1. The molecule has 6 nitrogen and oxygen atoms in total. The number of carbonyl (C=O) groups is 3. The second-order valence-corrected chi connectivity index (χ2v) is 4.24. The van der Waals surface area contributed by atoms with E-state index in [1.54, 1.807) is 11.8 Å². The maximum absolute atomic E-state index is 12.0. The number of carbonyl (C=O) groups excluding carboxylic acids is 3. The molecule has 2 heterocycles. The Balaban J connectivity index is 2.02. The molecule has 0 N–H and O–H groups in total. The zero-order chi connectivity index (χ0) is 12.4. The summed E-state index contributed by atoms with van der Waals surface area (Å²) in [6.07, 6.45) is 1.55. The van der Waals surface area contributed by atoms with Gasteiger partial charge >= 0.3 is 5.97 Å². The van der Waals surface area contributed by atoms with E-state index in [1.807, 2.05) is 0 Å². The van der Waals surface area contributed by atoms with Crippen LogP contribution in [-0.2, 0) is 19.1 Å². The normalized spacial score (nSPS) is 23.9. The number of esters is 1. The summed E-state index contributed by atoms with van der Waals surface area (Å²) in [4.78, 5) is 38.0. The first-order valence-electron chi connectivity index (χ1n) is 5.87. The average Bonchev–Trinajstić information content (AvgIpc) is 2.75. The third-order valence-corrected chi connectivity index (χ3v) is 3.12. The van der Waals surface area contributed by atoms with Crippen molar-refractivity contribution in [2.24, 2.45) is 0 Å². The number of rotatable bonds is 3. The van der Waals surface area contributed by atoms with E-state index in [1.165, 1.54) is 4.90 Å². The van der Waals surface area contributed by atoms with Gasteiger partial charge in [-0.3, -0.25) is 14.4 Å². The van der Waals surface area contributed by atoms with E-state index in [4.69, 9.17) is 4.74 Å². The van der Waals surface area contributed by atoms with Gasteiger partial charge in [-0.2, -0.15) is 0 Å². The van der Waals surface area contributed by atoms with Gasteiger partial charge in [-0.15, -0.1) is 0 Å². The summed E-state index contributed by atoms with van der Waals surface area (Å²) in [5, 5.41) is 0. The molecule has 2 aliphatic heterocycles. The van der Waals surface area contributed by atoms with Crippen molar-refractivity contribution in [3.8, 4) is 0 Å². The first-order valence-corrected chi connectivity index (χ1v) is 5.87. The van der Waals surface area contributed by atoms with Gasteiger partial charge in [0.05, 0.1) is 6.61 Å². The second kappa shape index (κ2) is 4.73. The van der Waals surface area contributed by atoms with Gasteiger partial charge in [-0.1, -0.05) is 0 Å². The molecule has 0 radical (unpaired) electrons. The molecule has 2 aliphatic rings. The van der Waals surface area contributed by atoms with E-state index >= 15 is 0 Å². The van der Waals surface area contributed by atoms with Gasteiger partial charge in [0.25, 0.3) is 0 Å². The summed E-state index contributed by atoms with van der Waals surface area (Å²) >= 11 is 0. The van der Waals surface area contributed by atoms with Crippen LogP contribution in [0.2, 0.25) is 0 Å². The van der Waals surface area contributed by atoms with Crippen LogP contribution in [0.15, 0.2) is 0 Å². The van der Waals surface area contributed by atoms with Crippen molar-refractivity contribution in [3.05, 3.63) is 0 Å². The van der Waals surface area contributed by atoms with Gasteiger partial charge in [0.1, 0.15) is 19.1 Å². The molecule has 0 aromatic heterocycles. The largest absolute Gasteiger partial charge is 0.465 e. The number of nitrogens with zero attached hydrogens (tertiary/aromatic N) is 2. The monoisotopic (exact) mass is 240 g/mol. The summed E-state index contributed by atoms with van der Waals surface area (Å²) in [6, 6.07) is -0.356. The highest BCUT2D eigenvalue weighted by Gasteiger charge is 2.42. The maximum Gasteiger partial charge on any atom is 0.325 e. The molecule has 0 spiro atoms. The van der Waals surface area contributed by atoms with E-state index in [2.05, 4.69) is 0 Å². The molecule has 94 valence electrons. The fraction of sp³-hybridized carbons (Fsp3) is 0.727. The van der Waals surface area contributed by atoms with Gasteiger partial charge in [0, 0.05) is 6.54 Å². The van der Waals surface area contributed by atoms with E-state index in [9.17, 15) is 14.4 Å². The van der Waals surface area contributed by atoms with Crippen LogP contribution in [0.25, 0.3) is 0 Å². The molecule has 0 bridgehead atoms. The highest BCUT2D eigenvalue weighted by atomic mass is 16.5. The smallest absolute Gasteiger partial charge is 0.325 e. The Morgan fingerprint density at radius 3 is 2.94 bits per heavy atom. The molecule has 1 atom stereocenters. The number of hydrogen-bond donors (Lipinski definition) is 0. The first-order chi connectivity index (χ1) is 8.13. The molecule has 2 saturated heterocycles. The molecule has 0 saturated carbocycles. The summed E-state index contributed by atoms with van der Waals surface area (Å²) < 4.78 is 4.78. The van der Waals surface area contributed by atoms with Crippen LogP contribution in [0.1, 0.15) is 19.8 Å². The number of fused-ring (bicyclic) bond motifs is 1. The highest BCUT2D eigenvalue weighted by Crippen LogP contribution is 2.23. The average molecular weight is 240 g/mol. The Hall–Kier alpha value is -1.59. The Bertz CT molecular complexity index is 355. The van der Waals surface area contributed by atoms with Crippen molar-refractivity contribution in [3.63, 3.8) is 0 Å². The Morgan fingerprint density at radius 2 is 2.24 bits per heavy atom. The van der Waals surface area contributed by atoms with Crippen LogP contribution in [0.3, 0.4) is 0 Å². The van der Waals surface area contributed by atoms with E-state index in [-0.39, 0.29) is 37.6 Å². The van der Waals surface area contributed by atoms with E-state index in [0.29, 0.717) is 13.0 Å². The van der Waals surface area contributed by atoms with Crippen LogP contribution < -0.4 is 0 Å². The molecule has 2 amide bonds. The minimum Gasteiger partial charge on any atom is -0.465 e. The molecule has 2 fully saturated rings. The molecule has 0 aromatic rings. The van der Waals surface area contributed by atoms with Crippen molar-refractivity contribution < 1.29 is 19.1 Å². The lowest BCUT2D eigenvalue weighted by Gasteiger charge is -2.35. The first kappa shape index (κ1) is 11.9. The lowest BCUT2D eigenvalue weighted by Crippen LogP contribution is -2.58. The Morgan fingerprint density at radius 1 is 1.47 bits per heavy atom. The lowest BCUT2D eigenvalue weighted by molar-refractivity contribution is -0.158.